The Balaban J connectivity index is 2.22. The fraction of sp³-hybridized carbons (Fsp3) is 0.583. The summed E-state index contributed by atoms with van der Waals surface area (Å²) in [5.74, 6) is 1.65. The summed E-state index contributed by atoms with van der Waals surface area (Å²) in [6, 6.07) is 0. The van der Waals surface area contributed by atoms with E-state index in [0.717, 1.165) is 15.6 Å². The Morgan fingerprint density at radius 1 is 1.33 bits per heavy atom. The molecule has 6 heteroatoms. The minimum absolute atomic E-state index is 0.415. The van der Waals surface area contributed by atoms with Crippen molar-refractivity contribution in [2.45, 2.75) is 33.1 Å². The van der Waals surface area contributed by atoms with Gasteiger partial charge in [-0.05, 0) is 6.92 Å². The Bertz CT molecular complexity index is 519. The van der Waals surface area contributed by atoms with Crippen LogP contribution in [0.3, 0.4) is 0 Å². The lowest BCUT2D eigenvalue weighted by Crippen LogP contribution is -1.96. The van der Waals surface area contributed by atoms with Gasteiger partial charge in [-0.25, -0.2) is 4.98 Å². The predicted octanol–water partition coefficient (Wildman–Crippen LogP) is 2.81. The zero-order valence-corrected chi connectivity index (χ0v) is 11.9. The van der Waals surface area contributed by atoms with Gasteiger partial charge in [-0.15, -0.1) is 11.3 Å². The van der Waals surface area contributed by atoms with Gasteiger partial charge in [0.05, 0.1) is 17.3 Å². The first-order valence-electron chi connectivity index (χ1n) is 5.91. The average molecular weight is 267 g/mol. The molecule has 0 N–H and O–H groups in total. The van der Waals surface area contributed by atoms with E-state index in [1.807, 2.05) is 6.92 Å². The van der Waals surface area contributed by atoms with E-state index in [-0.39, 0.29) is 0 Å². The molecule has 2 heterocycles. The third-order valence-electron chi connectivity index (χ3n) is 2.50. The summed E-state index contributed by atoms with van der Waals surface area (Å²) in [4.78, 5) is 9.86. The van der Waals surface area contributed by atoms with Crippen molar-refractivity contribution < 1.29 is 9.26 Å². The normalized spacial score (nSPS) is 11.4. The van der Waals surface area contributed by atoms with Gasteiger partial charge in [0.25, 0.3) is 5.89 Å². The molecule has 0 aliphatic carbocycles. The average Bonchev–Trinajstić information content (AvgIpc) is 2.92. The number of aromatic nitrogens is 3. The number of rotatable bonds is 5. The van der Waals surface area contributed by atoms with Crippen molar-refractivity contribution in [1.82, 2.24) is 15.1 Å². The van der Waals surface area contributed by atoms with E-state index in [1.54, 1.807) is 18.4 Å². The lowest BCUT2D eigenvalue weighted by molar-refractivity contribution is 0.199. The second-order valence-corrected chi connectivity index (χ2v) is 5.41. The summed E-state index contributed by atoms with van der Waals surface area (Å²) >= 11 is 1.62. The quantitative estimate of drug-likeness (QED) is 0.833. The summed E-state index contributed by atoms with van der Waals surface area (Å²) in [5, 5.41) is 5.03. The third kappa shape index (κ3) is 2.76. The van der Waals surface area contributed by atoms with Gasteiger partial charge in [0.15, 0.2) is 5.82 Å². The Kier molecular flexibility index (Phi) is 4.08. The molecule has 18 heavy (non-hydrogen) atoms. The number of thiazole rings is 1. The standard InChI is InChI=1S/C12H17N3O2S/c1-7(2)12-13-8(3)10(18-12)11-14-9(15-17-11)5-6-16-4/h7H,5-6H2,1-4H3. The molecule has 0 aliphatic heterocycles. The van der Waals surface area contributed by atoms with Crippen molar-refractivity contribution in [2.75, 3.05) is 13.7 Å². The van der Waals surface area contributed by atoms with Gasteiger partial charge in [0, 0.05) is 19.4 Å². The molecule has 0 spiro atoms. The molecule has 0 fully saturated rings. The molecule has 2 rings (SSSR count). The first-order chi connectivity index (χ1) is 8.61. The van der Waals surface area contributed by atoms with E-state index in [1.165, 1.54) is 0 Å². The molecule has 0 amide bonds. The summed E-state index contributed by atoms with van der Waals surface area (Å²) in [6.07, 6.45) is 0.662. The Labute approximate surface area is 110 Å². The van der Waals surface area contributed by atoms with Gasteiger partial charge in [0.1, 0.15) is 4.88 Å². The van der Waals surface area contributed by atoms with Gasteiger partial charge >= 0.3 is 0 Å². The van der Waals surface area contributed by atoms with Crippen LogP contribution < -0.4 is 0 Å². The van der Waals surface area contributed by atoms with Gasteiger partial charge in [-0.3, -0.25) is 0 Å². The maximum absolute atomic E-state index is 5.28. The second kappa shape index (κ2) is 5.58. The molecular formula is C12H17N3O2S. The molecule has 0 saturated heterocycles. The lowest BCUT2D eigenvalue weighted by Gasteiger charge is -1.94. The van der Waals surface area contributed by atoms with Crippen molar-refractivity contribution >= 4 is 11.3 Å². The lowest BCUT2D eigenvalue weighted by atomic mass is 10.2. The Morgan fingerprint density at radius 3 is 2.72 bits per heavy atom. The van der Waals surface area contributed by atoms with Gasteiger partial charge in [0.2, 0.25) is 0 Å². The molecule has 0 bridgehead atoms. The van der Waals surface area contributed by atoms with Crippen LogP contribution in [0.15, 0.2) is 4.52 Å². The van der Waals surface area contributed by atoms with Crippen LogP contribution in [-0.4, -0.2) is 28.8 Å². The van der Waals surface area contributed by atoms with Gasteiger partial charge in [-0.2, -0.15) is 4.98 Å². The molecule has 0 aliphatic rings. The van der Waals surface area contributed by atoms with E-state index in [9.17, 15) is 0 Å². The fourth-order valence-electron chi connectivity index (χ4n) is 1.50. The summed E-state index contributed by atoms with van der Waals surface area (Å²) in [5.41, 5.74) is 0.950. The van der Waals surface area contributed by atoms with Crippen LogP contribution >= 0.6 is 11.3 Å². The predicted molar refractivity (Wildman–Crippen MR) is 69.8 cm³/mol. The number of nitrogens with zero attached hydrogens (tertiary/aromatic N) is 3. The van der Waals surface area contributed by atoms with Crippen molar-refractivity contribution in [3.05, 3.63) is 16.5 Å². The Morgan fingerprint density at radius 2 is 2.11 bits per heavy atom. The van der Waals surface area contributed by atoms with Crippen LogP contribution in [0, 0.1) is 6.92 Å². The molecule has 0 aromatic carbocycles. The third-order valence-corrected chi connectivity index (χ3v) is 3.95. The first kappa shape index (κ1) is 13.2. The van der Waals surface area contributed by atoms with Gasteiger partial charge < -0.3 is 9.26 Å². The number of methoxy groups -OCH3 is 1. The highest BCUT2D eigenvalue weighted by atomic mass is 32.1. The van der Waals surface area contributed by atoms with Crippen LogP contribution in [-0.2, 0) is 11.2 Å². The van der Waals surface area contributed by atoms with E-state index in [4.69, 9.17) is 9.26 Å². The molecule has 0 unspecified atom stereocenters. The maximum Gasteiger partial charge on any atom is 0.269 e. The molecule has 98 valence electrons. The van der Waals surface area contributed by atoms with E-state index >= 15 is 0 Å². The molecule has 0 atom stereocenters. The van der Waals surface area contributed by atoms with Crippen molar-refractivity contribution in [2.24, 2.45) is 0 Å². The molecule has 0 saturated carbocycles. The van der Waals surface area contributed by atoms with E-state index in [2.05, 4.69) is 29.0 Å². The number of ether oxygens (including phenoxy) is 1. The highest BCUT2D eigenvalue weighted by Crippen LogP contribution is 2.32. The largest absolute Gasteiger partial charge is 0.384 e. The highest BCUT2D eigenvalue weighted by molar-refractivity contribution is 7.15. The van der Waals surface area contributed by atoms with Crippen molar-refractivity contribution in [1.29, 1.82) is 0 Å². The SMILES string of the molecule is COCCc1noc(-c2sc(C(C)C)nc2C)n1. The molecule has 5 nitrogen and oxygen atoms in total. The smallest absolute Gasteiger partial charge is 0.269 e. The molecule has 2 aromatic heterocycles. The fourth-order valence-corrected chi connectivity index (χ4v) is 2.49. The molecular weight excluding hydrogens is 250 g/mol. The minimum Gasteiger partial charge on any atom is -0.384 e. The summed E-state index contributed by atoms with van der Waals surface area (Å²) < 4.78 is 10.3. The zero-order chi connectivity index (χ0) is 13.1. The zero-order valence-electron chi connectivity index (χ0n) is 11.1. The van der Waals surface area contributed by atoms with Crippen LogP contribution in [0.1, 0.15) is 36.3 Å². The second-order valence-electron chi connectivity index (χ2n) is 4.38. The first-order valence-corrected chi connectivity index (χ1v) is 6.72. The maximum atomic E-state index is 5.28. The van der Waals surface area contributed by atoms with Crippen LogP contribution in [0.5, 0.6) is 0 Å². The summed E-state index contributed by atoms with van der Waals surface area (Å²) in [6.45, 7) is 6.81. The monoisotopic (exact) mass is 267 g/mol. The highest BCUT2D eigenvalue weighted by Gasteiger charge is 2.17. The minimum atomic E-state index is 0.415. The Hall–Kier alpha value is -1.27. The van der Waals surface area contributed by atoms with E-state index in [0.29, 0.717) is 30.7 Å². The van der Waals surface area contributed by atoms with Crippen LogP contribution in [0.25, 0.3) is 10.8 Å². The number of hydrogen-bond donors (Lipinski definition) is 0. The molecule has 0 radical (unpaired) electrons. The van der Waals surface area contributed by atoms with Crippen LogP contribution in [0.2, 0.25) is 0 Å². The summed E-state index contributed by atoms with van der Waals surface area (Å²) in [7, 11) is 1.66. The van der Waals surface area contributed by atoms with Gasteiger partial charge in [-0.1, -0.05) is 19.0 Å². The van der Waals surface area contributed by atoms with Crippen LogP contribution in [0.4, 0.5) is 0 Å². The van der Waals surface area contributed by atoms with Crippen molar-refractivity contribution in [3.63, 3.8) is 0 Å². The van der Waals surface area contributed by atoms with Crippen molar-refractivity contribution in [3.8, 4) is 10.8 Å². The molecule has 2 aromatic rings. The number of aryl methyl sites for hydroxylation is 1. The number of hydrogen-bond acceptors (Lipinski definition) is 6. The van der Waals surface area contributed by atoms with E-state index < -0.39 is 0 Å². The topological polar surface area (TPSA) is 61.0 Å².